The monoisotopic (exact) mass is 314 g/mol. The summed E-state index contributed by atoms with van der Waals surface area (Å²) in [6.45, 7) is 0.311. The molecule has 1 aromatic carbocycles. The molecule has 7 heteroatoms. The summed E-state index contributed by atoms with van der Waals surface area (Å²) in [4.78, 5) is 15.5. The number of halogens is 1. The number of pyridine rings is 1. The van der Waals surface area contributed by atoms with Crippen molar-refractivity contribution in [1.82, 2.24) is 20.0 Å². The zero-order chi connectivity index (χ0) is 15.5. The van der Waals surface area contributed by atoms with Gasteiger partial charge in [0, 0.05) is 11.2 Å². The highest BCUT2D eigenvalue weighted by atomic mass is 35.5. The van der Waals surface area contributed by atoms with Crippen molar-refractivity contribution in [3.05, 3.63) is 64.9 Å². The molecule has 0 fully saturated rings. The number of benzene rings is 1. The van der Waals surface area contributed by atoms with Gasteiger partial charge in [0.2, 0.25) is 0 Å². The molecule has 0 atom stereocenters. The number of aromatic carboxylic acids is 1. The maximum atomic E-state index is 11.4. The lowest BCUT2D eigenvalue weighted by molar-refractivity contribution is 0.0691. The van der Waals surface area contributed by atoms with Crippen molar-refractivity contribution in [2.24, 2.45) is 0 Å². The van der Waals surface area contributed by atoms with Crippen molar-refractivity contribution in [2.75, 3.05) is 0 Å². The van der Waals surface area contributed by atoms with Gasteiger partial charge in [-0.1, -0.05) is 41.1 Å². The normalized spacial score (nSPS) is 10.6. The minimum absolute atomic E-state index is 0.134. The van der Waals surface area contributed by atoms with E-state index in [2.05, 4.69) is 15.3 Å². The van der Waals surface area contributed by atoms with Gasteiger partial charge in [0.05, 0.1) is 12.2 Å². The number of carboxylic acid groups (broad SMARTS) is 1. The third-order valence-corrected chi connectivity index (χ3v) is 3.49. The highest BCUT2D eigenvalue weighted by molar-refractivity contribution is 6.31. The van der Waals surface area contributed by atoms with Crippen LogP contribution in [0.5, 0.6) is 0 Å². The van der Waals surface area contributed by atoms with Crippen LogP contribution in [0, 0.1) is 0 Å². The molecule has 110 valence electrons. The topological polar surface area (TPSA) is 80.9 Å². The van der Waals surface area contributed by atoms with Crippen LogP contribution in [0.3, 0.4) is 0 Å². The fraction of sp³-hybridized carbons (Fsp3) is 0.0667. The lowest BCUT2D eigenvalue weighted by Crippen LogP contribution is -2.07. The molecule has 0 aliphatic rings. The lowest BCUT2D eigenvalue weighted by atomic mass is 10.2. The average Bonchev–Trinajstić information content (AvgIpc) is 2.94. The van der Waals surface area contributed by atoms with Crippen molar-refractivity contribution in [2.45, 2.75) is 6.54 Å². The number of aromatic nitrogens is 4. The van der Waals surface area contributed by atoms with Crippen molar-refractivity contribution >= 4 is 17.6 Å². The van der Waals surface area contributed by atoms with Gasteiger partial charge in [0.15, 0.2) is 5.69 Å². The van der Waals surface area contributed by atoms with Crippen LogP contribution >= 0.6 is 11.6 Å². The Bertz CT molecular complexity index is 817. The van der Waals surface area contributed by atoms with Gasteiger partial charge in [0.1, 0.15) is 5.69 Å². The molecule has 1 N–H and O–H groups in total. The summed E-state index contributed by atoms with van der Waals surface area (Å²) in [5, 5.41) is 17.6. The Hall–Kier alpha value is -2.73. The standard InChI is InChI=1S/C15H11ClN4O2/c16-11-6-2-1-5-10(11)9-20-14(12-7-3-4-8-17-12)13(15(21)22)18-19-20/h1-8H,9H2,(H,21,22). The summed E-state index contributed by atoms with van der Waals surface area (Å²) in [6, 6.07) is 12.6. The Balaban J connectivity index is 2.09. The van der Waals surface area contributed by atoms with Gasteiger partial charge in [-0.15, -0.1) is 5.10 Å². The molecule has 22 heavy (non-hydrogen) atoms. The molecular weight excluding hydrogens is 304 g/mol. The molecule has 0 amide bonds. The van der Waals surface area contributed by atoms with Crippen LogP contribution in [0.4, 0.5) is 0 Å². The second-order valence-electron chi connectivity index (χ2n) is 4.56. The molecule has 0 aliphatic carbocycles. The van der Waals surface area contributed by atoms with Gasteiger partial charge in [-0.3, -0.25) is 4.98 Å². The third-order valence-electron chi connectivity index (χ3n) is 3.12. The Morgan fingerprint density at radius 1 is 1.18 bits per heavy atom. The zero-order valence-corrected chi connectivity index (χ0v) is 12.1. The second-order valence-corrected chi connectivity index (χ2v) is 4.96. The fourth-order valence-corrected chi connectivity index (χ4v) is 2.31. The Kier molecular flexibility index (Phi) is 3.84. The van der Waals surface area contributed by atoms with Crippen LogP contribution < -0.4 is 0 Å². The fourth-order valence-electron chi connectivity index (χ4n) is 2.11. The highest BCUT2D eigenvalue weighted by Crippen LogP contribution is 2.23. The number of carbonyl (C=O) groups is 1. The Labute approximate surface area is 131 Å². The van der Waals surface area contributed by atoms with E-state index in [1.54, 1.807) is 30.5 Å². The van der Waals surface area contributed by atoms with Gasteiger partial charge in [-0.25, -0.2) is 9.48 Å². The van der Waals surface area contributed by atoms with Crippen molar-refractivity contribution < 1.29 is 9.90 Å². The van der Waals surface area contributed by atoms with Crippen LogP contribution in [0.1, 0.15) is 16.1 Å². The smallest absolute Gasteiger partial charge is 0.358 e. The van der Waals surface area contributed by atoms with Crippen molar-refractivity contribution in [3.8, 4) is 11.4 Å². The molecule has 0 saturated carbocycles. The van der Waals surface area contributed by atoms with Crippen molar-refractivity contribution in [1.29, 1.82) is 0 Å². The van der Waals surface area contributed by atoms with Crippen LogP contribution in [0.15, 0.2) is 48.7 Å². The Morgan fingerprint density at radius 2 is 1.95 bits per heavy atom. The predicted octanol–water partition coefficient (Wildman–Crippen LogP) is 2.74. The molecule has 0 radical (unpaired) electrons. The van der Waals surface area contributed by atoms with E-state index in [-0.39, 0.29) is 5.69 Å². The number of hydrogen-bond donors (Lipinski definition) is 1. The molecule has 0 spiro atoms. The molecule has 6 nitrogen and oxygen atoms in total. The van der Waals surface area contributed by atoms with Gasteiger partial charge < -0.3 is 5.11 Å². The molecule has 0 saturated heterocycles. The van der Waals surface area contributed by atoms with E-state index < -0.39 is 5.97 Å². The SMILES string of the molecule is O=C(O)c1nnn(Cc2ccccc2Cl)c1-c1ccccn1. The first-order valence-electron chi connectivity index (χ1n) is 6.48. The lowest BCUT2D eigenvalue weighted by Gasteiger charge is -2.08. The maximum absolute atomic E-state index is 11.4. The summed E-state index contributed by atoms with van der Waals surface area (Å²) in [5.41, 5.74) is 1.54. The maximum Gasteiger partial charge on any atom is 0.358 e. The van der Waals surface area contributed by atoms with Crippen LogP contribution in [0.25, 0.3) is 11.4 Å². The summed E-state index contributed by atoms with van der Waals surface area (Å²) in [6.07, 6.45) is 1.59. The number of carboxylic acids is 1. The van der Waals surface area contributed by atoms with E-state index in [0.29, 0.717) is 23.0 Å². The van der Waals surface area contributed by atoms with E-state index in [4.69, 9.17) is 11.6 Å². The molecule has 2 heterocycles. The summed E-state index contributed by atoms with van der Waals surface area (Å²) in [7, 11) is 0. The van der Waals surface area contributed by atoms with Gasteiger partial charge in [0.25, 0.3) is 0 Å². The Morgan fingerprint density at radius 3 is 2.64 bits per heavy atom. The largest absolute Gasteiger partial charge is 0.476 e. The summed E-state index contributed by atoms with van der Waals surface area (Å²) < 4.78 is 1.49. The highest BCUT2D eigenvalue weighted by Gasteiger charge is 2.21. The first-order chi connectivity index (χ1) is 10.7. The number of rotatable bonds is 4. The van der Waals surface area contributed by atoms with Crippen LogP contribution in [-0.4, -0.2) is 31.1 Å². The van der Waals surface area contributed by atoms with E-state index in [1.807, 2.05) is 18.2 Å². The molecule has 3 rings (SSSR count). The van der Waals surface area contributed by atoms with Gasteiger partial charge >= 0.3 is 5.97 Å². The van der Waals surface area contributed by atoms with Crippen LogP contribution in [-0.2, 0) is 6.54 Å². The van der Waals surface area contributed by atoms with Gasteiger partial charge in [-0.05, 0) is 23.8 Å². The molecule has 0 bridgehead atoms. The van der Waals surface area contributed by atoms with E-state index >= 15 is 0 Å². The summed E-state index contributed by atoms with van der Waals surface area (Å²) in [5.74, 6) is -1.15. The quantitative estimate of drug-likeness (QED) is 0.800. The number of hydrogen-bond acceptors (Lipinski definition) is 4. The molecule has 2 aromatic heterocycles. The zero-order valence-electron chi connectivity index (χ0n) is 11.3. The van der Waals surface area contributed by atoms with E-state index in [1.165, 1.54) is 4.68 Å². The molecular formula is C15H11ClN4O2. The predicted molar refractivity (Wildman–Crippen MR) is 80.8 cm³/mol. The molecule has 3 aromatic rings. The first-order valence-corrected chi connectivity index (χ1v) is 6.86. The second kappa shape index (κ2) is 5.95. The van der Waals surface area contributed by atoms with E-state index in [0.717, 1.165) is 5.56 Å². The number of nitrogens with zero attached hydrogens (tertiary/aromatic N) is 4. The van der Waals surface area contributed by atoms with Gasteiger partial charge in [-0.2, -0.15) is 0 Å². The first kappa shape index (κ1) is 14.2. The molecule has 0 unspecified atom stereocenters. The van der Waals surface area contributed by atoms with Crippen molar-refractivity contribution in [3.63, 3.8) is 0 Å². The van der Waals surface area contributed by atoms with E-state index in [9.17, 15) is 9.90 Å². The summed E-state index contributed by atoms with van der Waals surface area (Å²) >= 11 is 6.15. The van der Waals surface area contributed by atoms with Crippen LogP contribution in [0.2, 0.25) is 5.02 Å². The molecule has 0 aliphatic heterocycles. The average molecular weight is 315 g/mol. The third kappa shape index (κ3) is 2.68. The minimum Gasteiger partial charge on any atom is -0.476 e. The minimum atomic E-state index is -1.15.